The Bertz CT molecular complexity index is 3170. The van der Waals surface area contributed by atoms with Gasteiger partial charge in [-0.3, -0.25) is 0 Å². The van der Waals surface area contributed by atoms with Gasteiger partial charge in [-0.05, 0) is 175 Å². The molecule has 0 fully saturated rings. The van der Waals surface area contributed by atoms with Crippen molar-refractivity contribution >= 4 is 21.5 Å². The van der Waals surface area contributed by atoms with Crippen molar-refractivity contribution in [3.05, 3.63) is 263 Å². The van der Waals surface area contributed by atoms with Crippen molar-refractivity contribution in [1.82, 2.24) is 0 Å². The maximum absolute atomic E-state index is 10.2. The van der Waals surface area contributed by atoms with Crippen LogP contribution in [0, 0.1) is 0 Å². The van der Waals surface area contributed by atoms with Gasteiger partial charge in [0.05, 0.1) is 24.0 Å². The van der Waals surface area contributed by atoms with Crippen molar-refractivity contribution in [3.63, 3.8) is 0 Å². The molecule has 0 spiro atoms. The topological polar surface area (TPSA) is 58.9 Å². The first-order valence-corrected chi connectivity index (χ1v) is 23.8. The molecule has 0 radical (unpaired) electrons. The molecule has 0 atom stereocenters. The highest BCUT2D eigenvalue weighted by Crippen LogP contribution is 2.58. The predicted octanol–water partition coefficient (Wildman–Crippen LogP) is 15.1. The van der Waals surface area contributed by atoms with E-state index in [-0.39, 0.29) is 11.5 Å². The molecule has 4 heteroatoms. The molecule has 4 nitrogen and oxygen atoms in total. The number of benzene rings is 10. The minimum atomic E-state index is -0.511. The zero-order chi connectivity index (χ0) is 45.7. The van der Waals surface area contributed by atoms with Crippen LogP contribution in [0.25, 0.3) is 43.8 Å². The molecule has 0 amide bonds. The Morgan fingerprint density at radius 3 is 0.971 bits per heavy atom. The number of phenols is 2. The van der Waals surface area contributed by atoms with Crippen LogP contribution in [0.5, 0.6) is 23.0 Å². The zero-order valence-corrected chi connectivity index (χ0v) is 37.7. The van der Waals surface area contributed by atoms with Crippen LogP contribution in [0.4, 0.5) is 0 Å². The first-order chi connectivity index (χ1) is 33.5. The molecule has 0 saturated carbocycles. The maximum atomic E-state index is 10.2. The molecule has 12 rings (SSSR count). The summed E-state index contributed by atoms with van der Waals surface area (Å²) in [4.78, 5) is 0. The Morgan fingerprint density at radius 2 is 0.603 bits per heavy atom. The number of hydrogen-bond acceptors (Lipinski definition) is 4. The molecule has 0 heterocycles. The standard InChI is InChI=1S/C64H50O4/c65-51-31-23-43-39-49(25-21-45(43)41-51)63(59-17-7-3-13-55(59)56-14-4-8-18-60(56)63)47-27-33-53(34-28-47)67-37-11-1-2-12-38-68-54-35-29-48(30-36-54)64(50-26-22-46-42-52(66)32-24-44(46)40-50)61-19-9-5-15-57(61)58-16-6-10-20-62(58)64/h3-10,13-36,39-42,65-66H,1-2,11-12,37-38H2. The Kier molecular flexibility index (Phi) is 10.3. The van der Waals surface area contributed by atoms with E-state index >= 15 is 0 Å². The summed E-state index contributed by atoms with van der Waals surface area (Å²) in [6.45, 7) is 1.31. The molecule has 68 heavy (non-hydrogen) atoms. The van der Waals surface area contributed by atoms with E-state index in [0.717, 1.165) is 58.7 Å². The molecule has 0 unspecified atom stereocenters. The zero-order valence-electron chi connectivity index (χ0n) is 37.7. The van der Waals surface area contributed by atoms with Crippen LogP contribution in [0.3, 0.4) is 0 Å². The van der Waals surface area contributed by atoms with Crippen molar-refractivity contribution in [1.29, 1.82) is 0 Å². The fraction of sp³-hybridized carbons (Fsp3) is 0.125. The van der Waals surface area contributed by atoms with Gasteiger partial charge in [0, 0.05) is 0 Å². The molecule has 2 aliphatic carbocycles. The van der Waals surface area contributed by atoms with Crippen molar-refractivity contribution < 1.29 is 19.7 Å². The van der Waals surface area contributed by atoms with Gasteiger partial charge in [-0.1, -0.05) is 158 Å². The van der Waals surface area contributed by atoms with E-state index in [2.05, 4.69) is 182 Å². The van der Waals surface area contributed by atoms with E-state index in [1.165, 1.54) is 66.8 Å². The van der Waals surface area contributed by atoms with Gasteiger partial charge < -0.3 is 19.7 Å². The Balaban J connectivity index is 0.705. The number of rotatable bonds is 13. The van der Waals surface area contributed by atoms with Gasteiger partial charge in [0.2, 0.25) is 0 Å². The second-order valence-corrected chi connectivity index (χ2v) is 18.3. The summed E-state index contributed by atoms with van der Waals surface area (Å²) in [5.41, 5.74) is 13.8. The lowest BCUT2D eigenvalue weighted by Crippen LogP contribution is -2.28. The normalized spacial score (nSPS) is 13.7. The molecule has 2 aliphatic rings. The quantitative estimate of drug-likeness (QED) is 0.113. The highest BCUT2D eigenvalue weighted by molar-refractivity contribution is 5.92. The second kappa shape index (κ2) is 17.0. The molecule has 0 bridgehead atoms. The molecule has 0 aliphatic heterocycles. The lowest BCUT2D eigenvalue weighted by Gasteiger charge is -2.34. The minimum Gasteiger partial charge on any atom is -0.508 e. The van der Waals surface area contributed by atoms with Gasteiger partial charge in [0.1, 0.15) is 23.0 Å². The van der Waals surface area contributed by atoms with Crippen molar-refractivity contribution in [2.24, 2.45) is 0 Å². The number of ether oxygens (including phenoxy) is 2. The smallest absolute Gasteiger partial charge is 0.119 e. The molecule has 0 saturated heterocycles. The van der Waals surface area contributed by atoms with Gasteiger partial charge in [-0.2, -0.15) is 0 Å². The van der Waals surface area contributed by atoms with E-state index in [9.17, 15) is 10.2 Å². The number of aromatic hydroxyl groups is 2. The first-order valence-electron chi connectivity index (χ1n) is 23.8. The predicted molar refractivity (Wildman–Crippen MR) is 275 cm³/mol. The van der Waals surface area contributed by atoms with E-state index in [1.54, 1.807) is 12.1 Å². The highest BCUT2D eigenvalue weighted by atomic mass is 16.5. The van der Waals surface area contributed by atoms with Crippen LogP contribution < -0.4 is 9.47 Å². The summed E-state index contributed by atoms with van der Waals surface area (Å²) in [6.07, 6.45) is 4.05. The molecular formula is C64H50O4. The van der Waals surface area contributed by atoms with Gasteiger partial charge in [-0.25, -0.2) is 0 Å². The van der Waals surface area contributed by atoms with Crippen LogP contribution in [-0.2, 0) is 10.8 Å². The van der Waals surface area contributed by atoms with Crippen LogP contribution in [-0.4, -0.2) is 23.4 Å². The number of phenolic OH excluding ortho intramolecular Hbond substituents is 2. The minimum absolute atomic E-state index is 0.272. The third kappa shape index (κ3) is 6.74. The maximum Gasteiger partial charge on any atom is 0.119 e. The van der Waals surface area contributed by atoms with Gasteiger partial charge in [-0.15, -0.1) is 0 Å². The van der Waals surface area contributed by atoms with Crippen molar-refractivity contribution in [2.45, 2.75) is 36.5 Å². The lowest BCUT2D eigenvalue weighted by atomic mass is 9.67. The highest BCUT2D eigenvalue weighted by Gasteiger charge is 2.47. The summed E-state index contributed by atoms with van der Waals surface area (Å²) in [6, 6.07) is 77.0. The average Bonchev–Trinajstić information content (AvgIpc) is 3.86. The molecule has 0 aromatic heterocycles. The first kappa shape index (κ1) is 41.4. The third-order valence-corrected chi connectivity index (χ3v) is 14.6. The number of unbranched alkanes of at least 4 members (excludes halogenated alkanes) is 3. The van der Waals surface area contributed by atoms with E-state index in [4.69, 9.17) is 9.47 Å². The third-order valence-electron chi connectivity index (χ3n) is 14.6. The van der Waals surface area contributed by atoms with E-state index in [1.807, 2.05) is 24.3 Å². The summed E-state index contributed by atoms with van der Waals surface area (Å²) in [7, 11) is 0. The SMILES string of the molecule is Oc1ccc2cc(C3(c4ccc(OCCCCCCOc5ccc(C6(c7ccc8cc(O)ccc8c7)c7ccccc7-c7ccccc76)cc5)cc4)c4ccccc4-c4ccccc43)ccc2c1. The summed E-state index contributed by atoms with van der Waals surface area (Å²) >= 11 is 0. The van der Waals surface area contributed by atoms with Crippen LogP contribution in [0.1, 0.15) is 70.2 Å². The summed E-state index contributed by atoms with van der Waals surface area (Å²) < 4.78 is 12.7. The fourth-order valence-electron chi connectivity index (χ4n) is 11.5. The second-order valence-electron chi connectivity index (χ2n) is 18.3. The van der Waals surface area contributed by atoms with Gasteiger partial charge in [0.25, 0.3) is 0 Å². The van der Waals surface area contributed by atoms with Crippen LogP contribution >= 0.6 is 0 Å². The molecule has 2 N–H and O–H groups in total. The molecule has 10 aromatic carbocycles. The summed E-state index contributed by atoms with van der Waals surface area (Å²) in [5.74, 6) is 2.29. The van der Waals surface area contributed by atoms with Crippen LogP contribution in [0.15, 0.2) is 218 Å². The van der Waals surface area contributed by atoms with Crippen molar-refractivity contribution in [3.8, 4) is 45.3 Å². The van der Waals surface area contributed by atoms with E-state index < -0.39 is 10.8 Å². The fourth-order valence-corrected chi connectivity index (χ4v) is 11.5. The van der Waals surface area contributed by atoms with E-state index in [0.29, 0.717) is 13.2 Å². The molecule has 330 valence electrons. The largest absolute Gasteiger partial charge is 0.508 e. The van der Waals surface area contributed by atoms with Crippen LogP contribution in [0.2, 0.25) is 0 Å². The average molecular weight is 883 g/mol. The Labute approximate surface area is 397 Å². The van der Waals surface area contributed by atoms with Crippen molar-refractivity contribution in [2.75, 3.05) is 13.2 Å². The molecule has 10 aromatic rings. The number of hydrogen-bond donors (Lipinski definition) is 2. The van der Waals surface area contributed by atoms with Gasteiger partial charge >= 0.3 is 0 Å². The summed E-state index contributed by atoms with van der Waals surface area (Å²) in [5, 5.41) is 24.6. The Morgan fingerprint density at radius 1 is 0.294 bits per heavy atom. The van der Waals surface area contributed by atoms with Gasteiger partial charge in [0.15, 0.2) is 0 Å². The Hall–Kier alpha value is -8.08. The number of fused-ring (bicyclic) bond motifs is 8. The lowest BCUT2D eigenvalue weighted by molar-refractivity contribution is 0.287. The molecular weight excluding hydrogens is 833 g/mol. The monoisotopic (exact) mass is 882 g/mol.